The molecule has 0 aliphatic carbocycles. The maximum Gasteiger partial charge on any atom is 0.231 e. The van der Waals surface area contributed by atoms with Crippen LogP contribution >= 0.6 is 11.8 Å². The molecule has 1 N–H and O–H groups in total. The van der Waals surface area contributed by atoms with Crippen LogP contribution in [0.3, 0.4) is 0 Å². The van der Waals surface area contributed by atoms with Crippen LogP contribution in [0.4, 0.5) is 11.5 Å². The Morgan fingerprint density at radius 1 is 1.26 bits per heavy atom. The molecule has 1 aromatic carbocycles. The number of aromatic nitrogens is 1. The molecule has 1 aromatic heterocycles. The largest absolute Gasteiger partial charge is 0.373 e. The quantitative estimate of drug-likeness (QED) is 0.503. The Hall–Kier alpha value is -2.83. The summed E-state index contributed by atoms with van der Waals surface area (Å²) in [4.78, 5) is 6.89. The van der Waals surface area contributed by atoms with Gasteiger partial charge in [-0.05, 0) is 36.7 Å². The number of nitrogens with zero attached hydrogens (tertiary/aromatic N) is 5. The number of ether oxygens (including phenoxy) is 1. The number of benzene rings is 1. The minimum atomic E-state index is -3.33. The maximum absolute atomic E-state index is 11.8. The lowest BCUT2D eigenvalue weighted by molar-refractivity contribution is 0.0418. The van der Waals surface area contributed by atoms with Crippen molar-refractivity contribution >= 4 is 33.3 Å². The average Bonchev–Trinajstić information content (AvgIpc) is 2.86. The summed E-state index contributed by atoms with van der Waals surface area (Å²) >= 11 is 1.44. The lowest BCUT2D eigenvalue weighted by atomic mass is 10.0. The first-order chi connectivity index (χ1) is 16.7. The molecule has 0 spiro atoms. The standard InChI is InChI=1S/C24H30N6O3S2/c1-5-20-21(12-25)23(30-10-11-33-19(15-30)14-27-2)28-24(22(20)13-26)34-16-17-6-8-18(9-7-17)29(3)35(4,31)32/h6-9,19,27H,5,10-11,14-16H2,1-4H3. The van der Waals surface area contributed by atoms with E-state index in [9.17, 15) is 18.9 Å². The molecule has 9 nitrogen and oxygen atoms in total. The zero-order valence-corrected chi connectivity index (χ0v) is 22.0. The smallest absolute Gasteiger partial charge is 0.231 e. The monoisotopic (exact) mass is 514 g/mol. The topological polar surface area (TPSA) is 122 Å². The molecule has 2 aromatic rings. The molecular weight excluding hydrogens is 484 g/mol. The normalized spacial score (nSPS) is 15.9. The maximum atomic E-state index is 11.8. The van der Waals surface area contributed by atoms with E-state index in [1.54, 1.807) is 12.1 Å². The summed E-state index contributed by atoms with van der Waals surface area (Å²) in [5.74, 6) is 1.14. The van der Waals surface area contributed by atoms with Crippen LogP contribution in [-0.4, -0.2) is 66.1 Å². The number of morpholine rings is 1. The van der Waals surface area contributed by atoms with Gasteiger partial charge in [-0.3, -0.25) is 4.31 Å². The number of nitriles is 2. The van der Waals surface area contributed by atoms with Gasteiger partial charge in [0, 0.05) is 32.4 Å². The molecule has 1 atom stereocenters. The number of anilines is 2. The second-order valence-electron chi connectivity index (χ2n) is 8.23. The number of thioether (sulfide) groups is 1. The fraction of sp³-hybridized carbons (Fsp3) is 0.458. The Bertz CT molecular complexity index is 1230. The Kier molecular flexibility index (Phi) is 8.98. The summed E-state index contributed by atoms with van der Waals surface area (Å²) in [5.41, 5.74) is 3.15. The van der Waals surface area contributed by atoms with Crippen LogP contribution in [0.15, 0.2) is 29.3 Å². The molecule has 0 bridgehead atoms. The fourth-order valence-electron chi connectivity index (χ4n) is 3.92. The van der Waals surface area contributed by atoms with Gasteiger partial charge in [-0.15, -0.1) is 11.8 Å². The van der Waals surface area contributed by atoms with Gasteiger partial charge in [0.2, 0.25) is 10.0 Å². The summed E-state index contributed by atoms with van der Waals surface area (Å²) < 4.78 is 30.6. The molecule has 11 heteroatoms. The molecule has 1 unspecified atom stereocenters. The van der Waals surface area contributed by atoms with E-state index in [1.807, 2.05) is 26.1 Å². The molecule has 35 heavy (non-hydrogen) atoms. The molecule has 1 saturated heterocycles. The summed E-state index contributed by atoms with van der Waals surface area (Å²) in [6.45, 7) is 4.40. The number of sulfonamides is 1. The Morgan fingerprint density at radius 2 is 1.94 bits per heavy atom. The van der Waals surface area contributed by atoms with Crippen LogP contribution in [0.2, 0.25) is 0 Å². The van der Waals surface area contributed by atoms with Crippen LogP contribution in [0.5, 0.6) is 0 Å². The van der Waals surface area contributed by atoms with Crippen LogP contribution in [0.25, 0.3) is 0 Å². The first-order valence-electron chi connectivity index (χ1n) is 11.3. The van der Waals surface area contributed by atoms with Crippen molar-refractivity contribution in [3.8, 4) is 12.1 Å². The fourth-order valence-corrected chi connectivity index (χ4v) is 5.39. The van der Waals surface area contributed by atoms with Crippen molar-refractivity contribution in [2.75, 3.05) is 55.8 Å². The average molecular weight is 515 g/mol. The first-order valence-corrected chi connectivity index (χ1v) is 14.1. The van der Waals surface area contributed by atoms with E-state index < -0.39 is 10.0 Å². The summed E-state index contributed by atoms with van der Waals surface area (Å²) in [6.07, 6.45) is 1.70. The predicted octanol–water partition coefficient (Wildman–Crippen LogP) is 2.50. The van der Waals surface area contributed by atoms with Gasteiger partial charge in [0.1, 0.15) is 23.0 Å². The van der Waals surface area contributed by atoms with Crippen LogP contribution in [-0.2, 0) is 26.9 Å². The van der Waals surface area contributed by atoms with Gasteiger partial charge in [0.25, 0.3) is 0 Å². The molecule has 0 amide bonds. The number of hydrogen-bond donors (Lipinski definition) is 1. The van der Waals surface area contributed by atoms with Gasteiger partial charge < -0.3 is 15.0 Å². The molecule has 1 fully saturated rings. The Balaban J connectivity index is 1.91. The Morgan fingerprint density at radius 3 is 2.51 bits per heavy atom. The molecule has 3 rings (SSSR count). The van der Waals surface area contributed by atoms with E-state index in [-0.39, 0.29) is 6.10 Å². The SMILES string of the molecule is CCc1c(C#N)c(SCc2ccc(N(C)S(C)(=O)=O)cc2)nc(N2CCOC(CNC)C2)c1C#N. The Labute approximate surface area is 211 Å². The van der Waals surface area contributed by atoms with Crippen molar-refractivity contribution in [1.29, 1.82) is 10.5 Å². The number of likely N-dealkylation sites (N-methyl/N-ethyl adjacent to an activating group) is 1. The van der Waals surface area contributed by atoms with Crippen LogP contribution in [0, 0.1) is 22.7 Å². The molecule has 0 radical (unpaired) electrons. The van der Waals surface area contributed by atoms with E-state index >= 15 is 0 Å². The number of hydrogen-bond acceptors (Lipinski definition) is 9. The van der Waals surface area contributed by atoms with Gasteiger partial charge in [-0.1, -0.05) is 19.1 Å². The molecule has 0 saturated carbocycles. The van der Waals surface area contributed by atoms with Gasteiger partial charge in [0.15, 0.2) is 0 Å². The van der Waals surface area contributed by atoms with Gasteiger partial charge in [0.05, 0.1) is 35.8 Å². The minimum Gasteiger partial charge on any atom is -0.373 e. The highest BCUT2D eigenvalue weighted by Gasteiger charge is 2.27. The van der Waals surface area contributed by atoms with Crippen molar-refractivity contribution in [2.45, 2.75) is 30.2 Å². The van der Waals surface area contributed by atoms with E-state index in [0.717, 1.165) is 11.8 Å². The van der Waals surface area contributed by atoms with Crippen molar-refractivity contribution in [3.63, 3.8) is 0 Å². The summed E-state index contributed by atoms with van der Waals surface area (Å²) in [5, 5.41) is 23.6. The highest BCUT2D eigenvalue weighted by atomic mass is 32.2. The second kappa shape index (κ2) is 11.7. The van der Waals surface area contributed by atoms with Gasteiger partial charge in [-0.25, -0.2) is 13.4 Å². The third-order valence-electron chi connectivity index (χ3n) is 5.87. The molecule has 1 aliphatic rings. The van der Waals surface area contributed by atoms with Crippen molar-refractivity contribution in [2.24, 2.45) is 0 Å². The zero-order valence-electron chi connectivity index (χ0n) is 20.4. The van der Waals surface area contributed by atoms with Crippen molar-refractivity contribution < 1.29 is 13.2 Å². The lowest BCUT2D eigenvalue weighted by Gasteiger charge is -2.34. The molecule has 1 aliphatic heterocycles. The third kappa shape index (κ3) is 6.24. The molecule has 2 heterocycles. The van der Waals surface area contributed by atoms with Gasteiger partial charge >= 0.3 is 0 Å². The molecule has 186 valence electrons. The first kappa shape index (κ1) is 26.8. The highest BCUT2D eigenvalue weighted by Crippen LogP contribution is 2.34. The van der Waals surface area contributed by atoms with Crippen LogP contribution < -0.4 is 14.5 Å². The molecular formula is C24H30N6O3S2. The summed E-state index contributed by atoms with van der Waals surface area (Å²) in [7, 11) is 0.0547. The highest BCUT2D eigenvalue weighted by molar-refractivity contribution is 7.98. The van der Waals surface area contributed by atoms with Crippen molar-refractivity contribution in [1.82, 2.24) is 10.3 Å². The number of nitrogens with one attached hydrogen (secondary N) is 1. The van der Waals surface area contributed by atoms with E-state index in [4.69, 9.17) is 9.72 Å². The zero-order chi connectivity index (χ0) is 25.6. The van der Waals surface area contributed by atoms with Crippen molar-refractivity contribution in [3.05, 3.63) is 46.5 Å². The lowest BCUT2D eigenvalue weighted by Crippen LogP contribution is -2.47. The second-order valence-corrected chi connectivity index (χ2v) is 11.2. The van der Waals surface area contributed by atoms with E-state index in [2.05, 4.69) is 22.4 Å². The van der Waals surface area contributed by atoms with Crippen LogP contribution in [0.1, 0.15) is 29.2 Å². The number of rotatable bonds is 9. The van der Waals surface area contributed by atoms with E-state index in [0.29, 0.717) is 71.6 Å². The minimum absolute atomic E-state index is 0.0116. The summed E-state index contributed by atoms with van der Waals surface area (Å²) in [6, 6.07) is 11.8. The van der Waals surface area contributed by atoms with E-state index in [1.165, 1.54) is 23.1 Å². The third-order valence-corrected chi connectivity index (χ3v) is 8.12. The predicted molar refractivity (Wildman–Crippen MR) is 138 cm³/mol. The van der Waals surface area contributed by atoms with Gasteiger partial charge in [-0.2, -0.15) is 10.5 Å². The number of pyridine rings is 1.